The van der Waals surface area contributed by atoms with Gasteiger partial charge in [0, 0.05) is 6.61 Å². The van der Waals surface area contributed by atoms with Crippen LogP contribution >= 0.6 is 0 Å². The van der Waals surface area contributed by atoms with Gasteiger partial charge >= 0.3 is 5.97 Å². The van der Waals surface area contributed by atoms with Gasteiger partial charge in [-0.2, -0.15) is 0 Å². The zero-order valence-electron chi connectivity index (χ0n) is 15.2. The number of para-hydroxylation sites is 1. The van der Waals surface area contributed by atoms with E-state index in [9.17, 15) is 9.59 Å². The van der Waals surface area contributed by atoms with E-state index >= 15 is 0 Å². The lowest BCUT2D eigenvalue weighted by Gasteiger charge is -2.11. The highest BCUT2D eigenvalue weighted by molar-refractivity contribution is 6.01. The van der Waals surface area contributed by atoms with Gasteiger partial charge in [0.05, 0.1) is 24.3 Å². The van der Waals surface area contributed by atoms with Crippen molar-refractivity contribution < 1.29 is 28.5 Å². The molecule has 1 saturated heterocycles. The number of rotatable bonds is 8. The van der Waals surface area contributed by atoms with Crippen LogP contribution in [0, 0.1) is 0 Å². The summed E-state index contributed by atoms with van der Waals surface area (Å²) in [5.74, 6) is 0.222. The van der Waals surface area contributed by atoms with Gasteiger partial charge in [-0.25, -0.2) is 4.79 Å². The first-order valence-corrected chi connectivity index (χ1v) is 8.85. The van der Waals surface area contributed by atoms with E-state index in [4.69, 9.17) is 18.9 Å². The molecular weight excluding hydrogens is 348 g/mol. The Balaban J connectivity index is 1.51. The van der Waals surface area contributed by atoms with Gasteiger partial charge in [0.15, 0.2) is 6.61 Å². The fourth-order valence-electron chi connectivity index (χ4n) is 2.82. The second-order valence-electron chi connectivity index (χ2n) is 6.17. The smallest absolute Gasteiger partial charge is 0.338 e. The van der Waals surface area contributed by atoms with Gasteiger partial charge in [0.1, 0.15) is 18.1 Å². The van der Waals surface area contributed by atoms with E-state index in [1.165, 1.54) is 7.11 Å². The average Bonchev–Trinajstić information content (AvgIpc) is 3.24. The molecule has 0 saturated carbocycles. The van der Waals surface area contributed by atoms with Crippen molar-refractivity contribution in [1.29, 1.82) is 0 Å². The van der Waals surface area contributed by atoms with Gasteiger partial charge in [-0.3, -0.25) is 4.79 Å². The third-order valence-corrected chi connectivity index (χ3v) is 4.29. The molecule has 0 aromatic heterocycles. The minimum Gasteiger partial charge on any atom is -0.496 e. The van der Waals surface area contributed by atoms with E-state index < -0.39 is 5.97 Å². The molecule has 0 aliphatic carbocycles. The number of benzene rings is 2. The topological polar surface area (TPSA) is 71.1 Å². The van der Waals surface area contributed by atoms with Crippen LogP contribution in [0.15, 0.2) is 48.5 Å². The normalized spacial score (nSPS) is 16.0. The van der Waals surface area contributed by atoms with Crippen LogP contribution in [0.3, 0.4) is 0 Å². The van der Waals surface area contributed by atoms with E-state index in [0.29, 0.717) is 29.2 Å². The molecule has 0 bridgehead atoms. The van der Waals surface area contributed by atoms with E-state index in [0.717, 1.165) is 19.4 Å². The van der Waals surface area contributed by atoms with Crippen LogP contribution in [-0.4, -0.2) is 44.8 Å². The Bertz CT molecular complexity index is 778. The van der Waals surface area contributed by atoms with Crippen LogP contribution in [0.4, 0.5) is 0 Å². The van der Waals surface area contributed by atoms with Crippen LogP contribution in [0.5, 0.6) is 11.5 Å². The molecule has 1 aliphatic heterocycles. The Hall–Kier alpha value is -2.86. The Morgan fingerprint density at radius 2 is 1.89 bits per heavy atom. The maximum atomic E-state index is 12.2. The molecule has 6 nitrogen and oxygen atoms in total. The van der Waals surface area contributed by atoms with Crippen LogP contribution in [-0.2, 0) is 9.47 Å². The maximum absolute atomic E-state index is 12.2. The minimum atomic E-state index is -0.566. The standard InChI is InChI=1S/C21H22O6/c1-24-20-7-3-2-6-18(20)19(22)14-27-21(23)15-8-10-16(11-9-15)26-13-17-5-4-12-25-17/h2-3,6-11,17H,4-5,12-14H2,1H3/t17-/m1/s1. The molecule has 0 spiro atoms. The summed E-state index contributed by atoms with van der Waals surface area (Å²) in [6, 6.07) is 13.4. The van der Waals surface area contributed by atoms with E-state index in [1.54, 1.807) is 48.5 Å². The lowest BCUT2D eigenvalue weighted by Crippen LogP contribution is -2.16. The number of Topliss-reactive ketones (excluding diaryl/α,β-unsaturated/α-hetero) is 1. The summed E-state index contributed by atoms with van der Waals surface area (Å²) < 4.78 is 21.4. The minimum absolute atomic E-state index is 0.135. The fraction of sp³-hybridized carbons (Fsp3) is 0.333. The van der Waals surface area contributed by atoms with Crippen molar-refractivity contribution in [2.45, 2.75) is 18.9 Å². The van der Waals surface area contributed by atoms with E-state index in [1.807, 2.05) is 0 Å². The molecule has 0 amide bonds. The molecule has 2 aromatic carbocycles. The van der Waals surface area contributed by atoms with E-state index in [-0.39, 0.29) is 18.5 Å². The molecule has 1 aliphatic rings. The molecule has 0 radical (unpaired) electrons. The number of ketones is 1. The largest absolute Gasteiger partial charge is 0.496 e. The van der Waals surface area contributed by atoms with Crippen LogP contribution < -0.4 is 9.47 Å². The molecule has 142 valence electrons. The highest BCUT2D eigenvalue weighted by atomic mass is 16.5. The van der Waals surface area contributed by atoms with Gasteiger partial charge in [0.25, 0.3) is 0 Å². The number of hydrogen-bond donors (Lipinski definition) is 0. The molecule has 1 atom stereocenters. The zero-order valence-corrected chi connectivity index (χ0v) is 15.2. The lowest BCUT2D eigenvalue weighted by molar-refractivity contribution is 0.0473. The SMILES string of the molecule is COc1ccccc1C(=O)COC(=O)c1ccc(OC[C@H]2CCCO2)cc1. The first-order chi connectivity index (χ1) is 13.2. The Labute approximate surface area is 158 Å². The number of hydrogen-bond acceptors (Lipinski definition) is 6. The van der Waals surface area contributed by atoms with Gasteiger partial charge in [-0.1, -0.05) is 12.1 Å². The molecule has 1 heterocycles. The highest BCUT2D eigenvalue weighted by Crippen LogP contribution is 2.19. The summed E-state index contributed by atoms with van der Waals surface area (Å²) in [5, 5.41) is 0. The van der Waals surface area contributed by atoms with Crippen molar-refractivity contribution >= 4 is 11.8 Å². The van der Waals surface area contributed by atoms with Crippen molar-refractivity contribution in [2.75, 3.05) is 26.9 Å². The Kier molecular flexibility index (Phi) is 6.44. The van der Waals surface area contributed by atoms with Crippen LogP contribution in [0.2, 0.25) is 0 Å². The number of carbonyl (C=O) groups excluding carboxylic acids is 2. The van der Waals surface area contributed by atoms with E-state index in [2.05, 4.69) is 0 Å². The summed E-state index contributed by atoms with van der Waals surface area (Å²) >= 11 is 0. The predicted molar refractivity (Wildman–Crippen MR) is 98.5 cm³/mol. The third kappa shape index (κ3) is 5.08. The second-order valence-corrected chi connectivity index (χ2v) is 6.17. The van der Waals surface area contributed by atoms with Crippen molar-refractivity contribution in [1.82, 2.24) is 0 Å². The summed E-state index contributed by atoms with van der Waals surface area (Å²) in [6.45, 7) is 0.931. The molecule has 2 aromatic rings. The molecule has 0 unspecified atom stereocenters. The predicted octanol–water partition coefficient (Wildman–Crippen LogP) is 3.29. The van der Waals surface area contributed by atoms with Gasteiger partial charge in [-0.05, 0) is 49.2 Å². The van der Waals surface area contributed by atoms with Gasteiger partial charge in [-0.15, -0.1) is 0 Å². The fourth-order valence-corrected chi connectivity index (χ4v) is 2.82. The monoisotopic (exact) mass is 370 g/mol. The molecule has 1 fully saturated rings. The lowest BCUT2D eigenvalue weighted by atomic mass is 10.1. The van der Waals surface area contributed by atoms with Crippen molar-refractivity contribution in [3.05, 3.63) is 59.7 Å². The number of ether oxygens (including phenoxy) is 4. The maximum Gasteiger partial charge on any atom is 0.338 e. The van der Waals surface area contributed by atoms with Crippen LogP contribution in [0.1, 0.15) is 33.6 Å². The average molecular weight is 370 g/mol. The van der Waals surface area contributed by atoms with Crippen LogP contribution in [0.25, 0.3) is 0 Å². The van der Waals surface area contributed by atoms with Crippen molar-refractivity contribution in [3.8, 4) is 11.5 Å². The van der Waals surface area contributed by atoms with Crippen molar-refractivity contribution in [2.24, 2.45) is 0 Å². The number of methoxy groups -OCH3 is 1. The summed E-state index contributed by atoms with van der Waals surface area (Å²) in [4.78, 5) is 24.4. The summed E-state index contributed by atoms with van der Waals surface area (Å²) in [5.41, 5.74) is 0.734. The molecular formula is C21H22O6. The van der Waals surface area contributed by atoms with Crippen molar-refractivity contribution in [3.63, 3.8) is 0 Å². The quantitative estimate of drug-likeness (QED) is 0.525. The highest BCUT2D eigenvalue weighted by Gasteiger charge is 2.17. The zero-order chi connectivity index (χ0) is 19.1. The number of carbonyl (C=O) groups is 2. The van der Waals surface area contributed by atoms with Gasteiger partial charge < -0.3 is 18.9 Å². The third-order valence-electron chi connectivity index (χ3n) is 4.29. The summed E-state index contributed by atoms with van der Waals surface area (Å²) in [6.07, 6.45) is 2.20. The summed E-state index contributed by atoms with van der Waals surface area (Å²) in [7, 11) is 1.49. The Morgan fingerprint density at radius 1 is 1.11 bits per heavy atom. The van der Waals surface area contributed by atoms with Gasteiger partial charge in [0.2, 0.25) is 5.78 Å². The first-order valence-electron chi connectivity index (χ1n) is 8.85. The molecule has 6 heteroatoms. The number of esters is 1. The second kappa shape index (κ2) is 9.19. The Morgan fingerprint density at radius 3 is 2.59 bits per heavy atom. The first kappa shape index (κ1) is 18.9. The molecule has 3 rings (SSSR count). The molecule has 0 N–H and O–H groups in total. The molecule has 27 heavy (non-hydrogen) atoms.